The highest BCUT2D eigenvalue weighted by atomic mass is 14.6. The zero-order valence-electron chi connectivity index (χ0n) is 21.2. The summed E-state index contributed by atoms with van der Waals surface area (Å²) in [7, 11) is 0. The van der Waals surface area contributed by atoms with Gasteiger partial charge in [-0.2, -0.15) is 0 Å². The number of unbranched alkanes of at least 4 members (excludes halogenated alkanes) is 10. The first-order valence-corrected chi connectivity index (χ1v) is 13.6. The van der Waals surface area contributed by atoms with E-state index in [-0.39, 0.29) is 0 Å². The zero-order valence-corrected chi connectivity index (χ0v) is 21.2. The van der Waals surface area contributed by atoms with Crippen molar-refractivity contribution in [3.8, 4) is 11.1 Å². The maximum atomic E-state index is 6.82. The predicted molar refractivity (Wildman–Crippen MR) is 148 cm³/mol. The number of hydrogen-bond donors (Lipinski definition) is 1. The normalized spacial score (nSPS) is 11.3. The van der Waals surface area contributed by atoms with E-state index in [2.05, 4.69) is 68.4 Å². The van der Waals surface area contributed by atoms with Crippen LogP contribution in [-0.2, 0) is 12.8 Å². The summed E-state index contributed by atoms with van der Waals surface area (Å²) in [6.45, 7) is 4.56. The van der Waals surface area contributed by atoms with Crippen LogP contribution in [0.4, 0.5) is 5.69 Å². The van der Waals surface area contributed by atoms with Gasteiger partial charge in [-0.15, -0.1) is 0 Å². The van der Waals surface area contributed by atoms with Gasteiger partial charge in [0.2, 0.25) is 0 Å². The Morgan fingerprint density at radius 2 is 1.18 bits per heavy atom. The van der Waals surface area contributed by atoms with Crippen molar-refractivity contribution in [1.82, 2.24) is 0 Å². The third-order valence-corrected chi connectivity index (χ3v) is 7.07. The second kappa shape index (κ2) is 14.1. The maximum absolute atomic E-state index is 6.82. The molecule has 2 N–H and O–H groups in total. The minimum absolute atomic E-state index is 0.978. The summed E-state index contributed by atoms with van der Waals surface area (Å²) in [6, 6.07) is 20.2. The van der Waals surface area contributed by atoms with Gasteiger partial charge in [-0.25, -0.2) is 0 Å². The van der Waals surface area contributed by atoms with Crippen molar-refractivity contribution in [3.63, 3.8) is 0 Å². The van der Waals surface area contributed by atoms with Gasteiger partial charge >= 0.3 is 0 Å². The van der Waals surface area contributed by atoms with Crippen molar-refractivity contribution in [3.05, 3.63) is 65.7 Å². The number of benzene rings is 3. The molecule has 33 heavy (non-hydrogen) atoms. The van der Waals surface area contributed by atoms with Crippen LogP contribution in [0.15, 0.2) is 54.6 Å². The van der Waals surface area contributed by atoms with Gasteiger partial charge < -0.3 is 5.73 Å². The van der Waals surface area contributed by atoms with E-state index in [0.717, 1.165) is 12.1 Å². The van der Waals surface area contributed by atoms with Gasteiger partial charge in [0.05, 0.1) is 0 Å². The molecule has 0 aromatic heterocycles. The number of anilines is 1. The summed E-state index contributed by atoms with van der Waals surface area (Å²) in [4.78, 5) is 0. The molecule has 3 aromatic rings. The lowest BCUT2D eigenvalue weighted by Gasteiger charge is -2.16. The molecule has 178 valence electrons. The number of aryl methyl sites for hydroxylation is 2. The van der Waals surface area contributed by atoms with Gasteiger partial charge in [0.1, 0.15) is 0 Å². The fourth-order valence-corrected chi connectivity index (χ4v) is 4.99. The molecular weight excluding hydrogens is 398 g/mol. The molecule has 0 aliphatic heterocycles. The van der Waals surface area contributed by atoms with Gasteiger partial charge in [-0.1, -0.05) is 127 Å². The molecule has 0 saturated carbocycles. The molecule has 1 nitrogen and oxygen atoms in total. The first-order valence-electron chi connectivity index (χ1n) is 13.6. The summed E-state index contributed by atoms with van der Waals surface area (Å²) in [5.41, 5.74) is 13.0. The first kappa shape index (κ1) is 25.3. The molecule has 0 aliphatic carbocycles. The predicted octanol–water partition coefficient (Wildman–Crippen LogP) is 9.89. The highest BCUT2D eigenvalue weighted by Crippen LogP contribution is 2.36. The standard InChI is InChI=1S/C32H45N/c1-3-5-7-9-11-13-17-26-21-23-27(24-22-26)31-25-28-18-15-16-19-29(28)30(32(31)33)20-14-12-10-8-6-4-2/h15-16,18-19,21-25H,3-14,17,20,33H2,1-2H3. The molecule has 0 radical (unpaired) electrons. The quantitative estimate of drug-likeness (QED) is 0.183. The third-order valence-electron chi connectivity index (χ3n) is 7.07. The lowest BCUT2D eigenvalue weighted by Crippen LogP contribution is -2.00. The van der Waals surface area contributed by atoms with E-state index in [0.29, 0.717) is 0 Å². The molecule has 0 heterocycles. The van der Waals surface area contributed by atoms with Gasteiger partial charge in [0.25, 0.3) is 0 Å². The molecule has 1 heteroatoms. The van der Waals surface area contributed by atoms with Crippen LogP contribution in [0.5, 0.6) is 0 Å². The van der Waals surface area contributed by atoms with Gasteiger partial charge in [-0.3, -0.25) is 0 Å². The van der Waals surface area contributed by atoms with E-state index in [1.807, 2.05) is 0 Å². The number of rotatable bonds is 15. The molecule has 0 spiro atoms. The summed E-state index contributed by atoms with van der Waals surface area (Å²) in [6.07, 6.45) is 18.2. The van der Waals surface area contributed by atoms with Crippen LogP contribution in [0, 0.1) is 0 Å². The lowest BCUT2D eigenvalue weighted by atomic mass is 9.91. The molecule has 0 atom stereocenters. The average Bonchev–Trinajstić information content (AvgIpc) is 2.85. The van der Waals surface area contributed by atoms with Crippen molar-refractivity contribution in [2.24, 2.45) is 0 Å². The van der Waals surface area contributed by atoms with Crippen molar-refractivity contribution in [2.45, 2.75) is 104 Å². The molecule has 0 fully saturated rings. The van der Waals surface area contributed by atoms with Crippen LogP contribution in [0.2, 0.25) is 0 Å². The Morgan fingerprint density at radius 3 is 1.85 bits per heavy atom. The number of nitrogens with two attached hydrogens (primary N) is 1. The second-order valence-corrected chi connectivity index (χ2v) is 9.77. The Kier molecular flexibility index (Phi) is 10.8. The Balaban J connectivity index is 1.70. The SMILES string of the molecule is CCCCCCCCc1ccc(-c2cc3ccccc3c(CCCCCCCC)c2N)cc1. The third kappa shape index (κ3) is 7.63. The van der Waals surface area contributed by atoms with Crippen molar-refractivity contribution >= 4 is 16.5 Å². The van der Waals surface area contributed by atoms with E-state index in [4.69, 9.17) is 5.73 Å². The number of nitrogen functional groups attached to an aromatic ring is 1. The van der Waals surface area contributed by atoms with Crippen molar-refractivity contribution in [1.29, 1.82) is 0 Å². The smallest absolute Gasteiger partial charge is 0.0432 e. The molecule has 0 unspecified atom stereocenters. The number of fused-ring (bicyclic) bond motifs is 1. The van der Waals surface area contributed by atoms with Crippen LogP contribution in [0.3, 0.4) is 0 Å². The van der Waals surface area contributed by atoms with Crippen LogP contribution in [0.1, 0.15) is 102 Å². The largest absolute Gasteiger partial charge is 0.398 e. The minimum atomic E-state index is 0.978. The number of hydrogen-bond acceptors (Lipinski definition) is 1. The molecule has 0 amide bonds. The summed E-state index contributed by atoms with van der Waals surface area (Å²) >= 11 is 0. The average molecular weight is 444 g/mol. The Labute approximate surface area is 202 Å². The van der Waals surface area contributed by atoms with Crippen LogP contribution in [-0.4, -0.2) is 0 Å². The van der Waals surface area contributed by atoms with Crippen LogP contribution in [0.25, 0.3) is 21.9 Å². The van der Waals surface area contributed by atoms with Crippen LogP contribution >= 0.6 is 0 Å². The molecule has 3 aromatic carbocycles. The lowest BCUT2D eigenvalue weighted by molar-refractivity contribution is 0.607. The summed E-state index contributed by atoms with van der Waals surface area (Å²) in [5, 5.41) is 2.63. The highest BCUT2D eigenvalue weighted by Gasteiger charge is 2.12. The van der Waals surface area contributed by atoms with Crippen molar-refractivity contribution in [2.75, 3.05) is 5.73 Å². The molecule has 0 aliphatic rings. The molecule has 0 bridgehead atoms. The topological polar surface area (TPSA) is 26.0 Å². The minimum Gasteiger partial charge on any atom is -0.398 e. The van der Waals surface area contributed by atoms with E-state index >= 15 is 0 Å². The highest BCUT2D eigenvalue weighted by molar-refractivity contribution is 5.97. The molecule has 3 rings (SSSR count). The van der Waals surface area contributed by atoms with Gasteiger partial charge in [-0.05, 0) is 59.2 Å². The Hall–Kier alpha value is -2.28. The fourth-order valence-electron chi connectivity index (χ4n) is 4.99. The maximum Gasteiger partial charge on any atom is 0.0432 e. The van der Waals surface area contributed by atoms with Crippen molar-refractivity contribution < 1.29 is 0 Å². The fraction of sp³-hybridized carbons (Fsp3) is 0.500. The Bertz CT molecular complexity index is 954. The zero-order chi connectivity index (χ0) is 23.3. The summed E-state index contributed by atoms with van der Waals surface area (Å²) in [5.74, 6) is 0. The summed E-state index contributed by atoms with van der Waals surface area (Å²) < 4.78 is 0. The Morgan fingerprint density at radius 1 is 0.606 bits per heavy atom. The molecular formula is C32H45N. The van der Waals surface area contributed by atoms with Gasteiger partial charge in [0.15, 0.2) is 0 Å². The van der Waals surface area contributed by atoms with E-state index in [9.17, 15) is 0 Å². The molecule has 0 saturated heterocycles. The second-order valence-electron chi connectivity index (χ2n) is 9.77. The van der Waals surface area contributed by atoms with Crippen LogP contribution < -0.4 is 5.73 Å². The first-order chi connectivity index (χ1) is 16.2. The van der Waals surface area contributed by atoms with E-state index in [1.54, 1.807) is 0 Å². The van der Waals surface area contributed by atoms with E-state index < -0.39 is 0 Å². The van der Waals surface area contributed by atoms with Gasteiger partial charge in [0, 0.05) is 11.3 Å². The van der Waals surface area contributed by atoms with E-state index in [1.165, 1.54) is 116 Å². The monoisotopic (exact) mass is 443 g/mol.